The number of carboxylic acid groups (broad SMARTS) is 1. The first-order valence-corrected chi connectivity index (χ1v) is 9.99. The van der Waals surface area contributed by atoms with Crippen molar-refractivity contribution in [3.63, 3.8) is 0 Å². The maximum atomic E-state index is 13.6. The number of fused-ring (bicyclic) bond motifs is 1. The molecule has 1 heterocycles. The van der Waals surface area contributed by atoms with Crippen LogP contribution < -0.4 is 4.90 Å². The summed E-state index contributed by atoms with van der Waals surface area (Å²) in [6, 6.07) is 16.8. The number of aliphatic carboxylic acids is 1. The highest BCUT2D eigenvalue weighted by molar-refractivity contribution is 5.97. The van der Waals surface area contributed by atoms with Gasteiger partial charge in [0.15, 0.2) is 0 Å². The second-order valence-corrected chi connectivity index (χ2v) is 7.37. The first-order chi connectivity index (χ1) is 15.9. The van der Waals surface area contributed by atoms with E-state index in [0.29, 0.717) is 16.5 Å². The zero-order chi connectivity index (χ0) is 23.5. The number of furan rings is 1. The highest BCUT2D eigenvalue weighted by Crippen LogP contribution is 2.32. The maximum absolute atomic E-state index is 13.6. The van der Waals surface area contributed by atoms with Gasteiger partial charge in [-0.1, -0.05) is 30.3 Å². The zero-order valence-electron chi connectivity index (χ0n) is 17.5. The third kappa shape index (κ3) is 4.69. The van der Waals surface area contributed by atoms with Gasteiger partial charge in [-0.3, -0.25) is 0 Å². The average molecular weight is 451 g/mol. The van der Waals surface area contributed by atoms with Crippen LogP contribution in [0.5, 0.6) is 0 Å². The van der Waals surface area contributed by atoms with E-state index in [9.17, 15) is 23.5 Å². The molecule has 4 rings (SSSR count). The van der Waals surface area contributed by atoms with Crippen LogP contribution in [0.15, 0.2) is 77.2 Å². The van der Waals surface area contributed by atoms with E-state index < -0.39 is 23.9 Å². The van der Waals surface area contributed by atoms with Crippen molar-refractivity contribution in [2.45, 2.75) is 12.5 Å². The smallest absolute Gasteiger partial charge is 0.417 e. The number of anilines is 1. The van der Waals surface area contributed by atoms with Gasteiger partial charge < -0.3 is 14.3 Å². The molecule has 4 aromatic rings. The molecule has 1 amide bonds. The minimum atomic E-state index is -1.41. The van der Waals surface area contributed by atoms with Crippen LogP contribution in [0.1, 0.15) is 5.56 Å². The van der Waals surface area contributed by atoms with Crippen LogP contribution in [0.4, 0.5) is 19.5 Å². The van der Waals surface area contributed by atoms with Crippen LogP contribution >= 0.6 is 0 Å². The molecule has 1 N–H and O–H groups in total. The topological polar surface area (TPSA) is 80.0 Å². The van der Waals surface area contributed by atoms with Gasteiger partial charge in [0.2, 0.25) is 5.88 Å². The van der Waals surface area contributed by atoms with E-state index in [1.807, 2.05) is 0 Å². The lowest BCUT2D eigenvalue weighted by Gasteiger charge is -2.25. The van der Waals surface area contributed by atoms with Crippen molar-refractivity contribution in [3.8, 4) is 11.1 Å². The van der Waals surface area contributed by atoms with E-state index in [1.165, 1.54) is 36.4 Å². The Kier molecular flexibility index (Phi) is 6.08. The van der Waals surface area contributed by atoms with Gasteiger partial charge in [0.25, 0.3) is 0 Å². The average Bonchev–Trinajstić information content (AvgIpc) is 3.21. The molecule has 3 aromatic carbocycles. The molecule has 8 heteroatoms. The van der Waals surface area contributed by atoms with Gasteiger partial charge in [0, 0.05) is 17.9 Å². The van der Waals surface area contributed by atoms with E-state index in [2.05, 4.69) is 0 Å². The number of carbonyl (C=O) groups excluding carboxylic acids is 1. The van der Waals surface area contributed by atoms with Crippen molar-refractivity contribution >= 4 is 28.9 Å². The number of benzene rings is 3. The van der Waals surface area contributed by atoms with Gasteiger partial charge >= 0.3 is 12.1 Å². The molecule has 0 aliphatic carbocycles. The van der Waals surface area contributed by atoms with Crippen LogP contribution in [-0.2, 0) is 16.0 Å². The molecule has 0 aliphatic heterocycles. The number of halogens is 2. The quantitative estimate of drug-likeness (QED) is 0.410. The number of ether oxygens (including phenoxy) is 1. The minimum absolute atomic E-state index is 0.0306. The Morgan fingerprint density at radius 2 is 1.70 bits per heavy atom. The summed E-state index contributed by atoms with van der Waals surface area (Å²) in [7, 11) is 1.13. The first kappa shape index (κ1) is 22.0. The Bertz CT molecular complexity index is 1320. The highest BCUT2D eigenvalue weighted by atomic mass is 19.1. The Morgan fingerprint density at radius 1 is 0.970 bits per heavy atom. The monoisotopic (exact) mass is 451 g/mol. The molecule has 33 heavy (non-hydrogen) atoms. The van der Waals surface area contributed by atoms with Gasteiger partial charge in [0.05, 0.1) is 7.11 Å². The normalized spacial score (nSPS) is 11.8. The second-order valence-electron chi connectivity index (χ2n) is 7.37. The van der Waals surface area contributed by atoms with E-state index in [-0.39, 0.29) is 18.1 Å². The Balaban J connectivity index is 1.73. The predicted molar refractivity (Wildman–Crippen MR) is 118 cm³/mol. The summed E-state index contributed by atoms with van der Waals surface area (Å²) in [5.74, 6) is -2.20. The molecule has 1 aromatic heterocycles. The van der Waals surface area contributed by atoms with Crippen LogP contribution in [0.3, 0.4) is 0 Å². The summed E-state index contributed by atoms with van der Waals surface area (Å²) < 4.78 is 37.5. The molecule has 6 nitrogen and oxygen atoms in total. The summed E-state index contributed by atoms with van der Waals surface area (Å²) >= 11 is 0. The van der Waals surface area contributed by atoms with Gasteiger partial charge in [0.1, 0.15) is 23.3 Å². The highest BCUT2D eigenvalue weighted by Gasteiger charge is 2.34. The molecule has 0 aliphatic rings. The summed E-state index contributed by atoms with van der Waals surface area (Å²) in [5.41, 5.74) is 2.38. The summed E-state index contributed by atoms with van der Waals surface area (Å²) in [5, 5.41) is 10.5. The first-order valence-electron chi connectivity index (χ1n) is 9.99. The summed E-state index contributed by atoms with van der Waals surface area (Å²) in [6.45, 7) is 0. The molecule has 0 fully saturated rings. The molecule has 0 radical (unpaired) electrons. The minimum Gasteiger partial charge on any atom is -0.480 e. The van der Waals surface area contributed by atoms with Crippen molar-refractivity contribution in [1.82, 2.24) is 0 Å². The lowest BCUT2D eigenvalue weighted by atomic mass is 10.0. The fourth-order valence-corrected chi connectivity index (χ4v) is 3.62. The SMILES string of the molecule is COC(=O)N(c1cc2cc(-c3ccc(F)cc3)ccc2o1)[C@H](Cc1cccc(F)c1)C(=O)O. The number of nitrogens with zero attached hydrogens (tertiary/aromatic N) is 1. The number of rotatable bonds is 6. The lowest BCUT2D eigenvalue weighted by Crippen LogP contribution is -2.46. The van der Waals surface area contributed by atoms with Crippen molar-refractivity contribution in [2.24, 2.45) is 0 Å². The molecular weight excluding hydrogens is 432 g/mol. The van der Waals surface area contributed by atoms with E-state index >= 15 is 0 Å². The molecule has 0 unspecified atom stereocenters. The molecule has 0 saturated carbocycles. The van der Waals surface area contributed by atoms with Gasteiger partial charge in [-0.05, 0) is 53.1 Å². The third-order valence-electron chi connectivity index (χ3n) is 5.20. The molecule has 0 saturated heterocycles. The molecule has 0 spiro atoms. The molecular formula is C25H19F2NO5. The largest absolute Gasteiger partial charge is 0.480 e. The molecule has 168 valence electrons. The van der Waals surface area contributed by atoms with Crippen molar-refractivity contribution in [2.75, 3.05) is 12.0 Å². The molecule has 1 atom stereocenters. The number of carboxylic acids is 1. The predicted octanol–water partition coefficient (Wildman–Crippen LogP) is 5.65. The Morgan fingerprint density at radius 3 is 2.36 bits per heavy atom. The van der Waals surface area contributed by atoms with Gasteiger partial charge in [-0.2, -0.15) is 0 Å². The standard InChI is InChI=1S/C25H19F2NO5/c1-32-25(31)28(21(24(29)30)12-15-3-2-4-20(27)11-15)23-14-18-13-17(7-10-22(18)33-23)16-5-8-19(26)9-6-16/h2-11,13-14,21H,12H2,1H3,(H,29,30)/t21-/m1/s1. The Hall–Kier alpha value is -4.20. The second kappa shape index (κ2) is 9.12. The lowest BCUT2D eigenvalue weighted by molar-refractivity contribution is -0.138. The zero-order valence-corrected chi connectivity index (χ0v) is 17.5. The van der Waals surface area contributed by atoms with E-state index in [4.69, 9.17) is 9.15 Å². The van der Waals surface area contributed by atoms with Crippen LogP contribution in [0.2, 0.25) is 0 Å². The maximum Gasteiger partial charge on any atom is 0.417 e. The number of hydrogen-bond donors (Lipinski definition) is 1. The molecule has 0 bridgehead atoms. The Labute approximate surface area is 187 Å². The number of hydrogen-bond acceptors (Lipinski definition) is 4. The van der Waals surface area contributed by atoms with Crippen molar-refractivity contribution in [3.05, 3.63) is 90.0 Å². The van der Waals surface area contributed by atoms with Crippen LogP contribution in [-0.4, -0.2) is 30.3 Å². The van der Waals surface area contributed by atoms with Crippen molar-refractivity contribution in [1.29, 1.82) is 0 Å². The van der Waals surface area contributed by atoms with E-state index in [1.54, 1.807) is 36.4 Å². The number of methoxy groups -OCH3 is 1. The fraction of sp³-hybridized carbons (Fsp3) is 0.120. The van der Waals surface area contributed by atoms with Crippen LogP contribution in [0.25, 0.3) is 22.1 Å². The number of amides is 1. The van der Waals surface area contributed by atoms with Gasteiger partial charge in [-0.15, -0.1) is 0 Å². The fourth-order valence-electron chi connectivity index (χ4n) is 3.62. The third-order valence-corrected chi connectivity index (χ3v) is 5.20. The van der Waals surface area contributed by atoms with Gasteiger partial charge in [-0.25, -0.2) is 23.3 Å². The van der Waals surface area contributed by atoms with Crippen molar-refractivity contribution < 1.29 is 32.6 Å². The van der Waals surface area contributed by atoms with Crippen LogP contribution in [0, 0.1) is 11.6 Å². The summed E-state index contributed by atoms with van der Waals surface area (Å²) in [6.07, 6.45) is -1.10. The number of carbonyl (C=O) groups is 2. The van der Waals surface area contributed by atoms with E-state index in [0.717, 1.165) is 23.1 Å². The summed E-state index contributed by atoms with van der Waals surface area (Å²) in [4.78, 5) is 25.6.